The molecule has 0 aromatic heterocycles. The maximum Gasteiger partial charge on any atom is 0.125 e. The maximum atomic E-state index is 10.4. The third kappa shape index (κ3) is 5.92. The van der Waals surface area contributed by atoms with E-state index in [-0.39, 0.29) is 0 Å². The summed E-state index contributed by atoms with van der Waals surface area (Å²) in [5, 5.41) is 11.0. The predicted octanol–water partition coefficient (Wildman–Crippen LogP) is 3.84. The van der Waals surface area contributed by atoms with E-state index in [2.05, 4.69) is 18.1 Å². The lowest BCUT2D eigenvalue weighted by atomic mass is 10.0. The van der Waals surface area contributed by atoms with Crippen LogP contribution < -0.4 is 4.74 Å². The molecule has 1 aromatic carbocycles. The number of nitrogens with zero attached hydrogens (tertiary/aromatic N) is 1. The first-order chi connectivity index (χ1) is 10.1. The number of aliphatic hydroxyl groups is 1. The smallest absolute Gasteiger partial charge is 0.125 e. The summed E-state index contributed by atoms with van der Waals surface area (Å²) >= 11 is 6.02. The summed E-state index contributed by atoms with van der Waals surface area (Å²) in [5.74, 6) is 0.688. The van der Waals surface area contributed by atoms with Crippen molar-refractivity contribution < 1.29 is 9.84 Å². The second-order valence-corrected chi connectivity index (χ2v) is 5.19. The second kappa shape index (κ2) is 9.61. The van der Waals surface area contributed by atoms with Crippen LogP contribution in [0.25, 0.3) is 0 Å². The Labute approximate surface area is 132 Å². The largest absolute Gasteiger partial charge is 0.493 e. The fraction of sp³-hybridized carbons (Fsp3) is 0.412. The van der Waals surface area contributed by atoms with Crippen molar-refractivity contribution in [3.63, 3.8) is 0 Å². The lowest BCUT2D eigenvalue weighted by Crippen LogP contribution is -2.26. The van der Waals surface area contributed by atoms with Crippen LogP contribution in [0.1, 0.15) is 25.0 Å². The van der Waals surface area contributed by atoms with Crippen LogP contribution in [0.3, 0.4) is 0 Å². The Kier molecular flexibility index (Phi) is 8.13. The van der Waals surface area contributed by atoms with Gasteiger partial charge >= 0.3 is 0 Å². The second-order valence-electron chi connectivity index (χ2n) is 4.76. The lowest BCUT2D eigenvalue weighted by Gasteiger charge is -2.22. The number of hydrogen-bond donors (Lipinski definition) is 1. The summed E-state index contributed by atoms with van der Waals surface area (Å²) in [6.45, 7) is 12.2. The molecule has 1 aromatic rings. The SMILES string of the molecule is C=CCN(CC=C)CCC(O)c1cc(Cl)ccc1OCC. The topological polar surface area (TPSA) is 32.7 Å². The molecule has 0 saturated carbocycles. The monoisotopic (exact) mass is 309 g/mol. The average Bonchev–Trinajstić information content (AvgIpc) is 2.47. The molecule has 0 aliphatic heterocycles. The van der Waals surface area contributed by atoms with E-state index in [1.165, 1.54) is 0 Å². The molecular formula is C17H24ClNO2. The van der Waals surface area contributed by atoms with E-state index < -0.39 is 6.10 Å². The molecule has 116 valence electrons. The molecule has 0 radical (unpaired) electrons. The Hall–Kier alpha value is -1.29. The van der Waals surface area contributed by atoms with E-state index in [1.54, 1.807) is 18.2 Å². The van der Waals surface area contributed by atoms with Gasteiger partial charge in [-0.2, -0.15) is 0 Å². The third-order valence-electron chi connectivity index (χ3n) is 3.12. The molecule has 0 spiro atoms. The Morgan fingerprint density at radius 1 is 1.33 bits per heavy atom. The zero-order valence-electron chi connectivity index (χ0n) is 12.6. The Morgan fingerprint density at radius 3 is 2.57 bits per heavy atom. The highest BCUT2D eigenvalue weighted by Crippen LogP contribution is 2.30. The van der Waals surface area contributed by atoms with Crippen molar-refractivity contribution in [1.29, 1.82) is 0 Å². The fourth-order valence-electron chi connectivity index (χ4n) is 2.15. The van der Waals surface area contributed by atoms with Gasteiger partial charge in [0, 0.05) is 30.2 Å². The Balaban J connectivity index is 2.73. The number of rotatable bonds is 10. The van der Waals surface area contributed by atoms with Crippen molar-refractivity contribution in [3.8, 4) is 5.75 Å². The summed E-state index contributed by atoms with van der Waals surface area (Å²) in [6.07, 6.45) is 3.69. The normalized spacial score (nSPS) is 12.2. The average molecular weight is 310 g/mol. The van der Waals surface area contributed by atoms with Gasteiger partial charge in [-0.15, -0.1) is 13.2 Å². The van der Waals surface area contributed by atoms with Gasteiger partial charge in [0.2, 0.25) is 0 Å². The Bertz CT molecular complexity index is 452. The molecule has 4 heteroatoms. The van der Waals surface area contributed by atoms with Crippen molar-refractivity contribution in [2.75, 3.05) is 26.2 Å². The first kappa shape index (κ1) is 17.8. The number of ether oxygens (including phenoxy) is 1. The van der Waals surface area contributed by atoms with E-state index in [9.17, 15) is 5.11 Å². The van der Waals surface area contributed by atoms with Crippen molar-refractivity contribution in [2.24, 2.45) is 0 Å². The quantitative estimate of drug-likeness (QED) is 0.667. The molecule has 21 heavy (non-hydrogen) atoms. The van der Waals surface area contributed by atoms with Gasteiger partial charge in [0.25, 0.3) is 0 Å². The summed E-state index contributed by atoms with van der Waals surface area (Å²) in [6, 6.07) is 5.34. The first-order valence-electron chi connectivity index (χ1n) is 7.16. The molecule has 0 saturated heterocycles. The van der Waals surface area contributed by atoms with Crippen LogP contribution >= 0.6 is 11.6 Å². The van der Waals surface area contributed by atoms with Crippen LogP contribution in [0, 0.1) is 0 Å². The fourth-order valence-corrected chi connectivity index (χ4v) is 2.33. The number of hydrogen-bond acceptors (Lipinski definition) is 3. The van der Waals surface area contributed by atoms with Crippen LogP contribution in [0.15, 0.2) is 43.5 Å². The summed E-state index contributed by atoms with van der Waals surface area (Å²) < 4.78 is 5.55. The third-order valence-corrected chi connectivity index (χ3v) is 3.36. The van der Waals surface area contributed by atoms with Gasteiger partial charge in [-0.05, 0) is 31.5 Å². The van der Waals surface area contributed by atoms with Gasteiger partial charge < -0.3 is 9.84 Å². The van der Waals surface area contributed by atoms with Crippen LogP contribution in [0.4, 0.5) is 0 Å². The molecular weight excluding hydrogens is 286 g/mol. The highest BCUT2D eigenvalue weighted by Gasteiger charge is 2.15. The summed E-state index contributed by atoms with van der Waals surface area (Å²) in [7, 11) is 0. The van der Waals surface area contributed by atoms with E-state index in [1.807, 2.05) is 19.1 Å². The molecule has 3 nitrogen and oxygen atoms in total. The molecule has 0 aliphatic carbocycles. The lowest BCUT2D eigenvalue weighted by molar-refractivity contribution is 0.144. The van der Waals surface area contributed by atoms with E-state index in [4.69, 9.17) is 16.3 Å². The highest BCUT2D eigenvalue weighted by molar-refractivity contribution is 6.30. The molecule has 0 heterocycles. The van der Waals surface area contributed by atoms with Crippen LogP contribution in [-0.2, 0) is 0 Å². The van der Waals surface area contributed by atoms with Gasteiger partial charge in [0.15, 0.2) is 0 Å². The van der Waals surface area contributed by atoms with Gasteiger partial charge in [0.05, 0.1) is 12.7 Å². The van der Waals surface area contributed by atoms with Crippen molar-refractivity contribution in [3.05, 3.63) is 54.1 Å². The zero-order chi connectivity index (χ0) is 15.7. The van der Waals surface area contributed by atoms with Gasteiger partial charge in [-0.3, -0.25) is 4.90 Å². The standard InChI is InChI=1S/C17H24ClNO2/c1-4-10-19(11-5-2)12-9-16(20)15-13-14(18)7-8-17(15)21-6-3/h4-5,7-8,13,16,20H,1-2,6,9-12H2,3H3. The molecule has 1 atom stereocenters. The maximum absolute atomic E-state index is 10.4. The summed E-state index contributed by atoms with van der Waals surface area (Å²) in [4.78, 5) is 2.16. The van der Waals surface area contributed by atoms with Crippen LogP contribution in [0.2, 0.25) is 5.02 Å². The van der Waals surface area contributed by atoms with Crippen molar-refractivity contribution >= 4 is 11.6 Å². The van der Waals surface area contributed by atoms with E-state index in [0.29, 0.717) is 23.8 Å². The molecule has 1 N–H and O–H groups in total. The van der Waals surface area contributed by atoms with E-state index in [0.717, 1.165) is 25.2 Å². The summed E-state index contributed by atoms with van der Waals surface area (Å²) in [5.41, 5.74) is 0.738. The van der Waals surface area contributed by atoms with E-state index >= 15 is 0 Å². The van der Waals surface area contributed by atoms with Crippen molar-refractivity contribution in [2.45, 2.75) is 19.4 Å². The number of halogens is 1. The van der Waals surface area contributed by atoms with Crippen molar-refractivity contribution in [1.82, 2.24) is 4.90 Å². The number of benzene rings is 1. The van der Waals surface area contributed by atoms with Gasteiger partial charge in [0.1, 0.15) is 5.75 Å². The predicted molar refractivity (Wildman–Crippen MR) is 89.0 cm³/mol. The van der Waals surface area contributed by atoms with Gasteiger partial charge in [-0.25, -0.2) is 0 Å². The highest BCUT2D eigenvalue weighted by atomic mass is 35.5. The molecule has 0 bridgehead atoms. The first-order valence-corrected chi connectivity index (χ1v) is 7.54. The zero-order valence-corrected chi connectivity index (χ0v) is 13.4. The minimum Gasteiger partial charge on any atom is -0.493 e. The van der Waals surface area contributed by atoms with Gasteiger partial charge in [-0.1, -0.05) is 23.8 Å². The molecule has 0 amide bonds. The minimum atomic E-state index is -0.609. The Morgan fingerprint density at radius 2 is 2.00 bits per heavy atom. The molecule has 1 unspecified atom stereocenters. The molecule has 1 rings (SSSR count). The minimum absolute atomic E-state index is 0.556. The number of aliphatic hydroxyl groups excluding tert-OH is 1. The van der Waals surface area contributed by atoms with Crippen LogP contribution in [0.5, 0.6) is 5.75 Å². The molecule has 0 aliphatic rings. The molecule has 0 fully saturated rings. The van der Waals surface area contributed by atoms with Crippen LogP contribution in [-0.4, -0.2) is 36.2 Å².